The number of carbonyl (C=O) groups is 2. The minimum absolute atomic E-state index is 0.212. The second kappa shape index (κ2) is 9.45. The Morgan fingerprint density at radius 1 is 1.11 bits per heavy atom. The van der Waals surface area contributed by atoms with Gasteiger partial charge in [-0.3, -0.25) is 9.69 Å². The Morgan fingerprint density at radius 3 is 2.67 bits per heavy atom. The van der Waals surface area contributed by atoms with Crippen LogP contribution >= 0.6 is 11.8 Å². The van der Waals surface area contributed by atoms with Crippen molar-refractivity contribution in [2.24, 2.45) is 0 Å². The molecule has 0 radical (unpaired) electrons. The van der Waals surface area contributed by atoms with E-state index in [0.717, 1.165) is 22.9 Å². The number of aliphatic hydroxyl groups excluding tert-OH is 1. The van der Waals surface area contributed by atoms with E-state index in [2.05, 4.69) is 20.9 Å². The number of carbonyl (C=O) groups excluding carboxylic acids is 2. The van der Waals surface area contributed by atoms with Gasteiger partial charge in [-0.25, -0.2) is 9.78 Å². The van der Waals surface area contributed by atoms with Crippen LogP contribution in [0, 0.1) is 0 Å². The number of thioether (sulfide) groups is 1. The lowest BCUT2D eigenvalue weighted by molar-refractivity contribution is -0.122. The summed E-state index contributed by atoms with van der Waals surface area (Å²) in [4.78, 5) is 32.6. The molecule has 3 aliphatic rings. The standard InChI is InChI=1S/C26H25N5O4S/c32-20-14-27-12-10-18(20)29-24(33)23-22-21-19(11-13-28-25(21)36-23)31(26(34)30-22)15-6-8-17(9-7-15)35-16-4-2-1-3-5-16/h1-9,11,13,18,20,22-23,27,32H,10,12,14H2,(H,29,33)(H,30,34)/t18-,20-,22?,23?/m1/s1. The van der Waals surface area contributed by atoms with E-state index < -0.39 is 17.4 Å². The highest BCUT2D eigenvalue weighted by molar-refractivity contribution is 8.01. The third-order valence-corrected chi connectivity index (χ3v) is 7.90. The van der Waals surface area contributed by atoms with Gasteiger partial charge >= 0.3 is 6.03 Å². The van der Waals surface area contributed by atoms with Crippen LogP contribution in [0.2, 0.25) is 0 Å². The second-order valence-electron chi connectivity index (χ2n) is 8.93. The number of hydrogen-bond acceptors (Lipinski definition) is 7. The van der Waals surface area contributed by atoms with Crippen molar-refractivity contribution < 1.29 is 19.4 Å². The zero-order chi connectivity index (χ0) is 24.6. The molecule has 9 nitrogen and oxygen atoms in total. The number of anilines is 2. The summed E-state index contributed by atoms with van der Waals surface area (Å²) in [6.45, 7) is 1.18. The van der Waals surface area contributed by atoms with Gasteiger partial charge < -0.3 is 25.8 Å². The van der Waals surface area contributed by atoms with Crippen molar-refractivity contribution in [3.63, 3.8) is 0 Å². The molecule has 0 aliphatic carbocycles. The van der Waals surface area contributed by atoms with Gasteiger partial charge in [-0.15, -0.1) is 0 Å². The zero-order valence-corrected chi connectivity index (χ0v) is 20.1. The molecule has 1 fully saturated rings. The first-order chi connectivity index (χ1) is 17.6. The number of aromatic nitrogens is 1. The van der Waals surface area contributed by atoms with Gasteiger partial charge in [-0.05, 0) is 55.4 Å². The molecule has 3 amide bonds. The maximum absolute atomic E-state index is 13.3. The summed E-state index contributed by atoms with van der Waals surface area (Å²) in [7, 11) is 0. The molecule has 6 rings (SSSR count). The fraction of sp³-hybridized carbons (Fsp3) is 0.269. The number of amides is 3. The van der Waals surface area contributed by atoms with Gasteiger partial charge in [0.1, 0.15) is 21.8 Å². The maximum atomic E-state index is 13.3. The molecule has 4 heterocycles. The smallest absolute Gasteiger partial charge is 0.327 e. The molecule has 4 N–H and O–H groups in total. The van der Waals surface area contributed by atoms with Gasteiger partial charge in [0, 0.05) is 18.3 Å². The summed E-state index contributed by atoms with van der Waals surface area (Å²) in [6.07, 6.45) is 1.67. The van der Waals surface area contributed by atoms with Crippen LogP contribution < -0.4 is 25.6 Å². The number of nitrogens with one attached hydrogen (secondary N) is 3. The molecule has 10 heteroatoms. The highest BCUT2D eigenvalue weighted by Gasteiger charge is 2.47. The number of ether oxygens (including phenoxy) is 1. The molecule has 1 aromatic heterocycles. The fourth-order valence-electron chi connectivity index (χ4n) is 4.84. The molecule has 2 unspecified atom stereocenters. The van der Waals surface area contributed by atoms with E-state index in [-0.39, 0.29) is 18.0 Å². The molecule has 0 spiro atoms. The third-order valence-electron chi connectivity index (χ3n) is 6.62. The topological polar surface area (TPSA) is 116 Å². The second-order valence-corrected chi connectivity index (χ2v) is 10.1. The molecule has 184 valence electrons. The largest absolute Gasteiger partial charge is 0.457 e. The minimum atomic E-state index is -0.643. The summed E-state index contributed by atoms with van der Waals surface area (Å²) in [5.41, 5.74) is 2.21. The number of hydrogen-bond donors (Lipinski definition) is 4. The predicted molar refractivity (Wildman–Crippen MR) is 136 cm³/mol. The van der Waals surface area contributed by atoms with E-state index in [9.17, 15) is 14.7 Å². The SMILES string of the molecule is O=C(N[C@@H]1CCNC[C@H]1O)C1Sc2nccc3c2C1NC(=O)N3c1ccc(Oc2ccccc2)cc1. The number of urea groups is 1. The highest BCUT2D eigenvalue weighted by Crippen LogP contribution is 2.50. The number of pyridine rings is 1. The van der Waals surface area contributed by atoms with Crippen molar-refractivity contribution in [2.75, 3.05) is 18.0 Å². The van der Waals surface area contributed by atoms with Gasteiger partial charge in [-0.2, -0.15) is 0 Å². The molecule has 3 aromatic rings. The molecule has 36 heavy (non-hydrogen) atoms. The van der Waals surface area contributed by atoms with E-state index in [1.54, 1.807) is 17.2 Å². The number of nitrogens with zero attached hydrogens (tertiary/aromatic N) is 2. The Kier molecular flexibility index (Phi) is 6.00. The van der Waals surface area contributed by atoms with Crippen LogP contribution in [-0.2, 0) is 4.79 Å². The lowest BCUT2D eigenvalue weighted by Gasteiger charge is -2.35. The molecule has 4 atom stereocenters. The van der Waals surface area contributed by atoms with Crippen LogP contribution in [0.25, 0.3) is 0 Å². The van der Waals surface area contributed by atoms with Crippen molar-refractivity contribution in [1.82, 2.24) is 20.9 Å². The lowest BCUT2D eigenvalue weighted by Crippen LogP contribution is -2.55. The molecule has 0 saturated carbocycles. The number of aliphatic hydroxyl groups is 1. The molecule has 2 aromatic carbocycles. The van der Waals surface area contributed by atoms with Gasteiger partial charge in [0.25, 0.3) is 0 Å². The van der Waals surface area contributed by atoms with Crippen LogP contribution in [0.3, 0.4) is 0 Å². The molecular formula is C26H25N5O4S. The molecule has 3 aliphatic heterocycles. The number of rotatable bonds is 5. The lowest BCUT2D eigenvalue weighted by atomic mass is 9.98. The van der Waals surface area contributed by atoms with Gasteiger partial charge in [0.05, 0.1) is 29.6 Å². The number of piperidine rings is 1. The zero-order valence-electron chi connectivity index (χ0n) is 19.3. The quantitative estimate of drug-likeness (QED) is 0.423. The Hall–Kier alpha value is -3.60. The highest BCUT2D eigenvalue weighted by atomic mass is 32.2. The predicted octanol–water partition coefficient (Wildman–Crippen LogP) is 3.09. The van der Waals surface area contributed by atoms with Crippen LogP contribution in [-0.4, -0.2) is 52.5 Å². The van der Waals surface area contributed by atoms with Crippen LogP contribution in [0.5, 0.6) is 11.5 Å². The minimum Gasteiger partial charge on any atom is -0.457 e. The summed E-state index contributed by atoms with van der Waals surface area (Å²) in [5, 5.41) is 19.5. The first-order valence-electron chi connectivity index (χ1n) is 11.9. The van der Waals surface area contributed by atoms with Crippen molar-refractivity contribution in [3.05, 3.63) is 72.4 Å². The normalized spacial score (nSPS) is 24.6. The number of β-amino-alcohol motifs (C(OH)–C–C–N with tert-alkyl or cyclic N) is 1. The summed E-state index contributed by atoms with van der Waals surface area (Å²) < 4.78 is 5.87. The van der Waals surface area contributed by atoms with E-state index in [1.807, 2.05) is 54.6 Å². The number of para-hydroxylation sites is 1. The third kappa shape index (κ3) is 4.17. The average molecular weight is 504 g/mol. The summed E-state index contributed by atoms with van der Waals surface area (Å²) >= 11 is 1.34. The molecule has 1 saturated heterocycles. The average Bonchev–Trinajstić information content (AvgIpc) is 3.26. The summed E-state index contributed by atoms with van der Waals surface area (Å²) in [6, 6.07) is 17.5. The van der Waals surface area contributed by atoms with Crippen molar-refractivity contribution in [2.45, 2.75) is 34.9 Å². The monoisotopic (exact) mass is 503 g/mol. The van der Waals surface area contributed by atoms with Crippen LogP contribution in [0.1, 0.15) is 18.0 Å². The van der Waals surface area contributed by atoms with Crippen molar-refractivity contribution in [1.29, 1.82) is 0 Å². The van der Waals surface area contributed by atoms with E-state index >= 15 is 0 Å². The first-order valence-corrected chi connectivity index (χ1v) is 12.7. The van der Waals surface area contributed by atoms with Crippen molar-refractivity contribution in [3.8, 4) is 11.5 Å². The Bertz CT molecular complexity index is 1290. The van der Waals surface area contributed by atoms with Crippen molar-refractivity contribution >= 4 is 35.1 Å². The van der Waals surface area contributed by atoms with Gasteiger partial charge in [-0.1, -0.05) is 30.0 Å². The Balaban J connectivity index is 1.24. The number of benzene rings is 2. The van der Waals surface area contributed by atoms with Gasteiger partial charge in [0.2, 0.25) is 5.91 Å². The van der Waals surface area contributed by atoms with Crippen LogP contribution in [0.4, 0.5) is 16.2 Å². The van der Waals surface area contributed by atoms with E-state index in [4.69, 9.17) is 4.74 Å². The molecule has 0 bridgehead atoms. The Labute approximate surface area is 212 Å². The first kappa shape index (κ1) is 22.8. The van der Waals surface area contributed by atoms with E-state index in [1.165, 1.54) is 11.8 Å². The summed E-state index contributed by atoms with van der Waals surface area (Å²) in [5.74, 6) is 1.18. The fourth-order valence-corrected chi connectivity index (χ4v) is 6.08. The van der Waals surface area contributed by atoms with Crippen LogP contribution in [0.15, 0.2) is 71.9 Å². The Morgan fingerprint density at radius 2 is 1.89 bits per heavy atom. The van der Waals surface area contributed by atoms with E-state index in [0.29, 0.717) is 30.1 Å². The maximum Gasteiger partial charge on any atom is 0.327 e. The molecular weight excluding hydrogens is 478 g/mol. The van der Waals surface area contributed by atoms with Gasteiger partial charge in [0.15, 0.2) is 0 Å².